The molecule has 0 unspecified atom stereocenters. The Balaban J connectivity index is 3.24. The highest BCUT2D eigenvalue weighted by Crippen LogP contribution is 2.29. The van der Waals surface area contributed by atoms with Crippen LogP contribution in [0.15, 0.2) is 18.2 Å². The normalized spacial score (nSPS) is 11.8. The van der Waals surface area contributed by atoms with Crippen molar-refractivity contribution in [2.24, 2.45) is 0 Å². The molecule has 0 aliphatic carbocycles. The molecule has 1 heteroatoms. The second-order valence-corrected chi connectivity index (χ2v) is 3.92. The van der Waals surface area contributed by atoms with Gasteiger partial charge in [0.1, 0.15) is 5.67 Å². The Hall–Kier alpha value is -0.850. The van der Waals surface area contributed by atoms with Crippen LogP contribution in [0.1, 0.15) is 37.5 Å². The molecule has 0 radical (unpaired) electrons. The lowest BCUT2D eigenvalue weighted by Gasteiger charge is -2.19. The van der Waals surface area contributed by atoms with Gasteiger partial charge in [-0.15, -0.1) is 0 Å². The predicted molar refractivity (Wildman–Crippen MR) is 54.7 cm³/mol. The Kier molecular flexibility index (Phi) is 2.74. The molecule has 72 valence electrons. The van der Waals surface area contributed by atoms with Crippen LogP contribution < -0.4 is 0 Å². The number of hydrogen-bond donors (Lipinski definition) is 0. The van der Waals surface area contributed by atoms with E-state index in [1.165, 1.54) is 5.56 Å². The fraction of sp³-hybridized carbons (Fsp3) is 0.500. The number of aryl methyl sites for hydroxylation is 1. The van der Waals surface area contributed by atoms with Crippen molar-refractivity contribution in [2.75, 3.05) is 0 Å². The van der Waals surface area contributed by atoms with E-state index in [4.69, 9.17) is 0 Å². The molecule has 0 saturated carbocycles. The van der Waals surface area contributed by atoms with Crippen LogP contribution >= 0.6 is 0 Å². The third-order valence-corrected chi connectivity index (χ3v) is 2.47. The summed E-state index contributed by atoms with van der Waals surface area (Å²) in [6.07, 6.45) is 0.968. The van der Waals surface area contributed by atoms with Gasteiger partial charge in [0.05, 0.1) is 0 Å². The van der Waals surface area contributed by atoms with Gasteiger partial charge in [-0.25, -0.2) is 4.39 Å². The van der Waals surface area contributed by atoms with Crippen LogP contribution in [-0.4, -0.2) is 0 Å². The minimum absolute atomic E-state index is 0.812. The highest BCUT2D eigenvalue weighted by molar-refractivity contribution is 5.37. The van der Waals surface area contributed by atoms with Crippen molar-refractivity contribution >= 4 is 0 Å². The van der Waals surface area contributed by atoms with Gasteiger partial charge in [-0.3, -0.25) is 0 Å². The van der Waals surface area contributed by atoms with E-state index >= 15 is 0 Å². The molecule has 0 aliphatic rings. The zero-order valence-corrected chi connectivity index (χ0v) is 8.82. The molecule has 0 fully saturated rings. The minimum Gasteiger partial charge on any atom is -0.239 e. The van der Waals surface area contributed by atoms with E-state index in [2.05, 4.69) is 13.0 Å². The van der Waals surface area contributed by atoms with Crippen molar-refractivity contribution < 1.29 is 4.39 Å². The SMILES string of the molecule is CCc1cccc(C(C)(C)F)c1C. The highest BCUT2D eigenvalue weighted by atomic mass is 19.1. The van der Waals surface area contributed by atoms with E-state index in [-0.39, 0.29) is 0 Å². The third-order valence-electron chi connectivity index (χ3n) is 2.47. The average Bonchev–Trinajstić information content (AvgIpc) is 2.02. The fourth-order valence-electron chi connectivity index (χ4n) is 1.71. The Bertz CT molecular complexity index is 294. The number of benzene rings is 1. The van der Waals surface area contributed by atoms with Gasteiger partial charge in [0.15, 0.2) is 0 Å². The number of hydrogen-bond acceptors (Lipinski definition) is 0. The lowest BCUT2D eigenvalue weighted by molar-refractivity contribution is 0.220. The van der Waals surface area contributed by atoms with Crippen molar-refractivity contribution in [3.8, 4) is 0 Å². The summed E-state index contributed by atoms with van der Waals surface area (Å²) in [5, 5.41) is 0. The summed E-state index contributed by atoms with van der Waals surface area (Å²) in [7, 11) is 0. The molecule has 0 bridgehead atoms. The quantitative estimate of drug-likeness (QED) is 0.650. The maximum Gasteiger partial charge on any atom is 0.130 e. The van der Waals surface area contributed by atoms with Crippen molar-refractivity contribution in [3.63, 3.8) is 0 Å². The Labute approximate surface area is 79.8 Å². The monoisotopic (exact) mass is 180 g/mol. The predicted octanol–water partition coefficient (Wildman–Crippen LogP) is 3.76. The molecule has 0 nitrogen and oxygen atoms in total. The van der Waals surface area contributed by atoms with Crippen molar-refractivity contribution in [3.05, 3.63) is 34.9 Å². The van der Waals surface area contributed by atoms with E-state index in [1.807, 2.05) is 19.1 Å². The molecule has 13 heavy (non-hydrogen) atoms. The molecule has 0 aromatic heterocycles. The van der Waals surface area contributed by atoms with Gasteiger partial charge < -0.3 is 0 Å². The van der Waals surface area contributed by atoms with E-state index in [0.717, 1.165) is 17.5 Å². The number of halogens is 1. The summed E-state index contributed by atoms with van der Waals surface area (Å²) >= 11 is 0. The van der Waals surface area contributed by atoms with Crippen LogP contribution in [0.25, 0.3) is 0 Å². The van der Waals surface area contributed by atoms with E-state index in [1.54, 1.807) is 13.8 Å². The van der Waals surface area contributed by atoms with Crippen molar-refractivity contribution in [1.82, 2.24) is 0 Å². The molecule has 1 rings (SSSR count). The van der Waals surface area contributed by atoms with Crippen molar-refractivity contribution in [1.29, 1.82) is 0 Å². The van der Waals surface area contributed by atoms with E-state index < -0.39 is 5.67 Å². The van der Waals surface area contributed by atoms with E-state index in [9.17, 15) is 4.39 Å². The molecule has 0 amide bonds. The van der Waals surface area contributed by atoms with Crippen LogP contribution in [0.5, 0.6) is 0 Å². The summed E-state index contributed by atoms with van der Waals surface area (Å²) in [5.41, 5.74) is 1.92. The maximum absolute atomic E-state index is 13.7. The molecule has 0 heterocycles. The molecule has 0 spiro atoms. The zero-order valence-electron chi connectivity index (χ0n) is 8.82. The smallest absolute Gasteiger partial charge is 0.130 e. The van der Waals surface area contributed by atoms with Crippen molar-refractivity contribution in [2.45, 2.75) is 39.8 Å². The summed E-state index contributed by atoms with van der Waals surface area (Å²) in [6.45, 7) is 7.30. The first-order valence-electron chi connectivity index (χ1n) is 4.74. The lowest BCUT2D eigenvalue weighted by atomic mass is 9.91. The van der Waals surface area contributed by atoms with Gasteiger partial charge in [0, 0.05) is 0 Å². The van der Waals surface area contributed by atoms with Crippen LogP contribution in [0.4, 0.5) is 4.39 Å². The van der Waals surface area contributed by atoms with Gasteiger partial charge in [-0.05, 0) is 43.9 Å². The number of alkyl halides is 1. The molecule has 0 atom stereocenters. The van der Waals surface area contributed by atoms with Gasteiger partial charge in [-0.1, -0.05) is 25.1 Å². The van der Waals surface area contributed by atoms with Gasteiger partial charge in [0.2, 0.25) is 0 Å². The maximum atomic E-state index is 13.7. The Morgan fingerprint density at radius 2 is 1.92 bits per heavy atom. The fourth-order valence-corrected chi connectivity index (χ4v) is 1.71. The van der Waals surface area contributed by atoms with E-state index in [0.29, 0.717) is 0 Å². The summed E-state index contributed by atoms with van der Waals surface area (Å²) in [5.74, 6) is 0. The molecular weight excluding hydrogens is 163 g/mol. The zero-order chi connectivity index (χ0) is 10.1. The third kappa shape index (κ3) is 2.09. The van der Waals surface area contributed by atoms with Gasteiger partial charge in [-0.2, -0.15) is 0 Å². The van der Waals surface area contributed by atoms with Crippen LogP contribution in [-0.2, 0) is 12.1 Å². The molecule has 0 N–H and O–H groups in total. The summed E-state index contributed by atoms with van der Waals surface area (Å²) < 4.78 is 13.7. The van der Waals surface area contributed by atoms with Crippen LogP contribution in [0.2, 0.25) is 0 Å². The molecule has 0 aliphatic heterocycles. The molecule has 1 aromatic carbocycles. The second kappa shape index (κ2) is 3.49. The standard InChI is InChI=1S/C12H17F/c1-5-10-7-6-8-11(9(10)2)12(3,4)13/h6-8H,5H2,1-4H3. The minimum atomic E-state index is -1.23. The Morgan fingerprint density at radius 3 is 2.38 bits per heavy atom. The van der Waals surface area contributed by atoms with Crippen LogP contribution in [0.3, 0.4) is 0 Å². The summed E-state index contributed by atoms with van der Waals surface area (Å²) in [6, 6.07) is 5.86. The van der Waals surface area contributed by atoms with Gasteiger partial charge in [0.25, 0.3) is 0 Å². The molecule has 0 saturated heterocycles. The largest absolute Gasteiger partial charge is 0.239 e. The highest BCUT2D eigenvalue weighted by Gasteiger charge is 2.21. The summed E-state index contributed by atoms with van der Waals surface area (Å²) in [4.78, 5) is 0. The molecule has 1 aromatic rings. The number of rotatable bonds is 2. The molecular formula is C12H17F. The second-order valence-electron chi connectivity index (χ2n) is 3.92. The van der Waals surface area contributed by atoms with Crippen LogP contribution in [0, 0.1) is 6.92 Å². The first-order chi connectivity index (χ1) is 5.96. The topological polar surface area (TPSA) is 0 Å². The Morgan fingerprint density at radius 1 is 1.31 bits per heavy atom. The lowest BCUT2D eigenvalue weighted by Crippen LogP contribution is -2.12. The average molecular weight is 180 g/mol. The van der Waals surface area contributed by atoms with Gasteiger partial charge >= 0.3 is 0 Å². The first-order valence-corrected chi connectivity index (χ1v) is 4.74. The first kappa shape index (κ1) is 10.2.